The molecule has 3 rings (SSSR count). The molecule has 4 N–H and O–H groups in total. The summed E-state index contributed by atoms with van der Waals surface area (Å²) in [7, 11) is 0. The van der Waals surface area contributed by atoms with E-state index in [-0.39, 0.29) is 31.1 Å². The summed E-state index contributed by atoms with van der Waals surface area (Å²) in [5.41, 5.74) is 3.08. The van der Waals surface area contributed by atoms with E-state index in [1.165, 1.54) is 0 Å². The number of benzene rings is 2. The van der Waals surface area contributed by atoms with E-state index >= 15 is 0 Å². The number of rotatable bonds is 15. The molecule has 0 aliphatic carbocycles. The van der Waals surface area contributed by atoms with Gasteiger partial charge >= 0.3 is 5.97 Å². The van der Waals surface area contributed by atoms with Gasteiger partial charge < -0.3 is 21.1 Å². The molecular formula is C28H33N5O4. The van der Waals surface area contributed by atoms with E-state index in [9.17, 15) is 14.4 Å². The molecule has 0 aliphatic heterocycles. The zero-order chi connectivity index (χ0) is 26.3. The maximum atomic E-state index is 13.0. The third kappa shape index (κ3) is 10.1. The summed E-state index contributed by atoms with van der Waals surface area (Å²) in [6.45, 7) is 1.14. The Labute approximate surface area is 216 Å². The molecule has 37 heavy (non-hydrogen) atoms. The standard InChI is InChI=1S/C28H33N5O4/c34-25(10-6-11-26(35)36)33-24(20-21-12-14-23(15-13-21)22-8-2-1-3-9-22)27(37)29-16-4-5-17-30-28-31-18-7-19-32-28/h1-3,7-9,12-15,18-19,24H,4-6,10-11,16-17,20H2,(H,29,37)(H,33,34)(H,35,36)(H,30,31,32)/t24-/m0/s1. The van der Waals surface area contributed by atoms with Gasteiger partial charge in [0.1, 0.15) is 6.04 Å². The Morgan fingerprint density at radius 3 is 2.16 bits per heavy atom. The van der Waals surface area contributed by atoms with Crippen LogP contribution in [0.2, 0.25) is 0 Å². The third-order valence-electron chi connectivity index (χ3n) is 5.70. The summed E-state index contributed by atoms with van der Waals surface area (Å²) < 4.78 is 0. The minimum atomic E-state index is -0.950. The van der Waals surface area contributed by atoms with Gasteiger partial charge in [-0.05, 0) is 42.0 Å². The van der Waals surface area contributed by atoms with E-state index < -0.39 is 12.0 Å². The largest absolute Gasteiger partial charge is 0.481 e. The fourth-order valence-corrected chi connectivity index (χ4v) is 3.75. The van der Waals surface area contributed by atoms with Gasteiger partial charge in [0.15, 0.2) is 0 Å². The van der Waals surface area contributed by atoms with Gasteiger partial charge in [0.25, 0.3) is 0 Å². The highest BCUT2D eigenvalue weighted by atomic mass is 16.4. The number of hydrogen-bond donors (Lipinski definition) is 4. The monoisotopic (exact) mass is 503 g/mol. The fraction of sp³-hybridized carbons (Fsp3) is 0.321. The lowest BCUT2D eigenvalue weighted by Gasteiger charge is -2.19. The smallest absolute Gasteiger partial charge is 0.303 e. The normalized spacial score (nSPS) is 11.4. The SMILES string of the molecule is O=C(O)CCCC(=O)N[C@@H](Cc1ccc(-c2ccccc2)cc1)C(=O)NCCCCNc1ncccn1. The maximum absolute atomic E-state index is 13.0. The van der Waals surface area contributed by atoms with Crippen molar-refractivity contribution in [2.75, 3.05) is 18.4 Å². The Kier molecular flexibility index (Phi) is 11.1. The van der Waals surface area contributed by atoms with Crippen LogP contribution in [0.25, 0.3) is 11.1 Å². The molecule has 3 aromatic rings. The topological polar surface area (TPSA) is 133 Å². The van der Waals surface area contributed by atoms with Crippen molar-refractivity contribution in [2.45, 2.75) is 44.6 Å². The van der Waals surface area contributed by atoms with Gasteiger partial charge in [-0.3, -0.25) is 14.4 Å². The first-order valence-electron chi connectivity index (χ1n) is 12.5. The van der Waals surface area contributed by atoms with Crippen molar-refractivity contribution in [1.82, 2.24) is 20.6 Å². The molecule has 194 valence electrons. The number of amides is 2. The number of unbranched alkanes of at least 4 members (excludes halogenated alkanes) is 1. The summed E-state index contributed by atoms with van der Waals surface area (Å²) in [6.07, 6.45) is 5.41. The predicted octanol–water partition coefficient (Wildman–Crippen LogP) is 3.43. The van der Waals surface area contributed by atoms with Crippen LogP contribution in [0.1, 0.15) is 37.7 Å². The fourth-order valence-electron chi connectivity index (χ4n) is 3.75. The second kappa shape index (κ2) is 15.0. The lowest BCUT2D eigenvalue weighted by molar-refractivity contribution is -0.137. The van der Waals surface area contributed by atoms with Crippen LogP contribution in [0.15, 0.2) is 73.1 Å². The number of hydrogen-bond acceptors (Lipinski definition) is 6. The number of nitrogens with zero attached hydrogens (tertiary/aromatic N) is 2. The zero-order valence-electron chi connectivity index (χ0n) is 20.7. The van der Waals surface area contributed by atoms with Gasteiger partial charge in [0.05, 0.1) is 0 Å². The summed E-state index contributed by atoms with van der Waals surface area (Å²) in [4.78, 5) is 44.3. The van der Waals surface area contributed by atoms with Crippen LogP contribution in [0, 0.1) is 0 Å². The molecule has 0 fully saturated rings. The van der Waals surface area contributed by atoms with E-state index in [0.717, 1.165) is 29.5 Å². The van der Waals surface area contributed by atoms with Crippen molar-refractivity contribution in [3.8, 4) is 11.1 Å². The molecule has 0 aliphatic rings. The molecule has 0 spiro atoms. The Morgan fingerprint density at radius 2 is 1.46 bits per heavy atom. The highest BCUT2D eigenvalue weighted by Gasteiger charge is 2.21. The quantitative estimate of drug-likeness (QED) is 0.234. The first kappa shape index (κ1) is 27.3. The van der Waals surface area contributed by atoms with E-state index in [2.05, 4.69) is 25.9 Å². The minimum Gasteiger partial charge on any atom is -0.481 e. The van der Waals surface area contributed by atoms with Crippen molar-refractivity contribution in [2.24, 2.45) is 0 Å². The Hall–Kier alpha value is -4.27. The summed E-state index contributed by atoms with van der Waals surface area (Å²) >= 11 is 0. The number of aromatic nitrogens is 2. The summed E-state index contributed by atoms with van der Waals surface area (Å²) in [6, 6.07) is 18.9. The second-order valence-corrected chi connectivity index (χ2v) is 8.63. The highest BCUT2D eigenvalue weighted by Crippen LogP contribution is 2.19. The molecule has 0 unspecified atom stereocenters. The van der Waals surface area contributed by atoms with Crippen molar-refractivity contribution in [3.05, 3.63) is 78.6 Å². The van der Waals surface area contributed by atoms with Gasteiger partial charge in [-0.2, -0.15) is 0 Å². The van der Waals surface area contributed by atoms with Crippen LogP contribution in [-0.2, 0) is 20.8 Å². The summed E-state index contributed by atoms with van der Waals surface area (Å²) in [5, 5.41) is 17.6. The van der Waals surface area contributed by atoms with Crippen LogP contribution in [0.5, 0.6) is 0 Å². The molecule has 2 aromatic carbocycles. The third-order valence-corrected chi connectivity index (χ3v) is 5.70. The molecule has 0 bridgehead atoms. The molecule has 9 nitrogen and oxygen atoms in total. The molecule has 0 saturated carbocycles. The van der Waals surface area contributed by atoms with Crippen LogP contribution in [0.3, 0.4) is 0 Å². The Balaban J connectivity index is 1.52. The molecule has 1 heterocycles. The van der Waals surface area contributed by atoms with Gasteiger partial charge in [0.2, 0.25) is 17.8 Å². The lowest BCUT2D eigenvalue weighted by Crippen LogP contribution is -2.48. The average molecular weight is 504 g/mol. The van der Waals surface area contributed by atoms with Crippen LogP contribution in [0.4, 0.5) is 5.95 Å². The van der Waals surface area contributed by atoms with Crippen LogP contribution in [-0.4, -0.2) is 52.0 Å². The van der Waals surface area contributed by atoms with Gasteiger partial charge in [0, 0.05) is 44.7 Å². The number of aliphatic carboxylic acids is 1. The Morgan fingerprint density at radius 1 is 0.784 bits per heavy atom. The predicted molar refractivity (Wildman–Crippen MR) is 142 cm³/mol. The molecule has 2 amide bonds. The van der Waals surface area contributed by atoms with Crippen molar-refractivity contribution >= 4 is 23.7 Å². The van der Waals surface area contributed by atoms with Crippen molar-refractivity contribution in [1.29, 1.82) is 0 Å². The first-order chi connectivity index (χ1) is 18.0. The number of nitrogens with one attached hydrogen (secondary N) is 3. The van der Waals surface area contributed by atoms with E-state index in [4.69, 9.17) is 5.11 Å². The van der Waals surface area contributed by atoms with E-state index in [1.807, 2.05) is 54.6 Å². The van der Waals surface area contributed by atoms with Crippen molar-refractivity contribution < 1.29 is 19.5 Å². The van der Waals surface area contributed by atoms with Gasteiger partial charge in [-0.25, -0.2) is 9.97 Å². The average Bonchev–Trinajstić information content (AvgIpc) is 2.91. The summed E-state index contributed by atoms with van der Waals surface area (Å²) in [5.74, 6) is -0.989. The molecule has 9 heteroatoms. The molecule has 1 aromatic heterocycles. The maximum Gasteiger partial charge on any atom is 0.303 e. The van der Waals surface area contributed by atoms with Crippen molar-refractivity contribution in [3.63, 3.8) is 0 Å². The zero-order valence-corrected chi connectivity index (χ0v) is 20.7. The first-order valence-corrected chi connectivity index (χ1v) is 12.5. The second-order valence-electron chi connectivity index (χ2n) is 8.63. The van der Waals surface area contributed by atoms with Gasteiger partial charge in [-0.1, -0.05) is 54.6 Å². The number of carbonyl (C=O) groups excluding carboxylic acids is 2. The molecule has 1 atom stereocenters. The lowest BCUT2D eigenvalue weighted by atomic mass is 10.00. The number of carboxylic acids is 1. The van der Waals surface area contributed by atoms with Crippen LogP contribution < -0.4 is 16.0 Å². The van der Waals surface area contributed by atoms with Gasteiger partial charge in [-0.15, -0.1) is 0 Å². The molecule has 0 saturated heterocycles. The number of carboxylic acid groups (broad SMARTS) is 1. The number of anilines is 1. The minimum absolute atomic E-state index is 0.0518. The van der Waals surface area contributed by atoms with E-state index in [1.54, 1.807) is 18.5 Å². The van der Waals surface area contributed by atoms with Crippen LogP contribution >= 0.6 is 0 Å². The molecule has 0 radical (unpaired) electrons. The highest BCUT2D eigenvalue weighted by molar-refractivity contribution is 5.88. The van der Waals surface area contributed by atoms with E-state index in [0.29, 0.717) is 25.5 Å². The Bertz CT molecular complexity index is 1120. The number of carbonyl (C=O) groups is 3. The molecular weight excluding hydrogens is 470 g/mol.